The molecular weight excluding hydrogens is 198 g/mol. The molecule has 3 heteroatoms. The number of carbonyl (C=O) groups excluding carboxylic acids is 1. The normalized spacial score (nSPS) is 8.21. The minimum atomic E-state index is -0.524. The van der Waals surface area contributed by atoms with Crippen LogP contribution >= 0.6 is 11.6 Å². The Kier molecular flexibility index (Phi) is 5.59. The largest absolute Gasteiger partial charge is 0.276 e. The molecule has 0 aliphatic rings. The molecule has 0 aliphatic carbocycles. The SMILES string of the molecule is CC.Cc1ccc(C#N)cc1C(=O)Cl. The number of rotatable bonds is 1. The average Bonchev–Trinajstić information content (AvgIpc) is 2.21. The first kappa shape index (κ1) is 12.7. The number of hydrogen-bond acceptors (Lipinski definition) is 2. The van der Waals surface area contributed by atoms with Gasteiger partial charge in [-0.05, 0) is 36.2 Å². The van der Waals surface area contributed by atoms with Gasteiger partial charge in [0, 0.05) is 5.56 Å². The van der Waals surface area contributed by atoms with E-state index in [1.807, 2.05) is 19.9 Å². The van der Waals surface area contributed by atoms with Crippen molar-refractivity contribution in [3.8, 4) is 6.07 Å². The first-order valence-electron chi connectivity index (χ1n) is 4.35. The third-order valence-corrected chi connectivity index (χ3v) is 1.78. The van der Waals surface area contributed by atoms with Gasteiger partial charge >= 0.3 is 0 Å². The fourth-order valence-electron chi connectivity index (χ4n) is 0.903. The Balaban J connectivity index is 0.000000791. The average molecular weight is 210 g/mol. The number of halogens is 1. The Hall–Kier alpha value is -1.33. The van der Waals surface area contributed by atoms with Crippen LogP contribution in [0, 0.1) is 18.3 Å². The van der Waals surface area contributed by atoms with Crippen LogP contribution in [0.5, 0.6) is 0 Å². The fraction of sp³-hybridized carbons (Fsp3) is 0.273. The number of nitriles is 1. The van der Waals surface area contributed by atoms with E-state index in [1.165, 1.54) is 6.07 Å². The Labute approximate surface area is 89.1 Å². The summed E-state index contributed by atoms with van der Waals surface area (Å²) in [4.78, 5) is 10.8. The van der Waals surface area contributed by atoms with E-state index in [9.17, 15) is 4.79 Å². The molecule has 14 heavy (non-hydrogen) atoms. The zero-order valence-corrected chi connectivity index (χ0v) is 9.22. The van der Waals surface area contributed by atoms with Crippen LogP contribution < -0.4 is 0 Å². The molecule has 0 spiro atoms. The zero-order chi connectivity index (χ0) is 11.1. The molecule has 0 N–H and O–H groups in total. The molecule has 0 atom stereocenters. The zero-order valence-electron chi connectivity index (χ0n) is 8.47. The summed E-state index contributed by atoms with van der Waals surface area (Å²) in [6, 6.07) is 6.78. The van der Waals surface area contributed by atoms with Crippen molar-refractivity contribution in [2.45, 2.75) is 20.8 Å². The molecule has 0 saturated carbocycles. The lowest BCUT2D eigenvalue weighted by Gasteiger charge is -1.98. The lowest BCUT2D eigenvalue weighted by Crippen LogP contribution is -1.93. The second kappa shape index (κ2) is 6.17. The number of nitrogens with zero attached hydrogens (tertiary/aromatic N) is 1. The summed E-state index contributed by atoms with van der Waals surface area (Å²) in [5, 5.41) is 8.01. The van der Waals surface area contributed by atoms with Gasteiger partial charge in [-0.2, -0.15) is 5.26 Å². The van der Waals surface area contributed by atoms with Crippen LogP contribution in [-0.2, 0) is 0 Å². The van der Waals surface area contributed by atoms with Crippen LogP contribution in [0.4, 0.5) is 0 Å². The van der Waals surface area contributed by atoms with Crippen molar-refractivity contribution in [1.29, 1.82) is 5.26 Å². The van der Waals surface area contributed by atoms with Gasteiger partial charge in [0.15, 0.2) is 0 Å². The molecule has 0 amide bonds. The molecule has 0 fully saturated rings. The maximum atomic E-state index is 10.8. The molecule has 0 bridgehead atoms. The highest BCUT2D eigenvalue weighted by atomic mass is 35.5. The highest BCUT2D eigenvalue weighted by Crippen LogP contribution is 2.12. The minimum absolute atomic E-state index is 0.399. The van der Waals surface area contributed by atoms with Gasteiger partial charge < -0.3 is 0 Å². The highest BCUT2D eigenvalue weighted by Gasteiger charge is 2.05. The standard InChI is InChI=1S/C9H6ClNO.C2H6/c1-6-2-3-7(5-11)4-8(6)9(10)12;1-2/h2-4H,1H3;1-2H3. The Bertz CT molecular complexity index is 366. The monoisotopic (exact) mass is 209 g/mol. The van der Waals surface area contributed by atoms with Crippen molar-refractivity contribution in [2.75, 3.05) is 0 Å². The lowest BCUT2D eigenvalue weighted by molar-refractivity contribution is 0.108. The predicted molar refractivity (Wildman–Crippen MR) is 57.4 cm³/mol. The van der Waals surface area contributed by atoms with Gasteiger partial charge in [0.25, 0.3) is 5.24 Å². The number of aryl methyl sites for hydroxylation is 1. The molecule has 0 unspecified atom stereocenters. The molecule has 0 aliphatic heterocycles. The number of hydrogen-bond donors (Lipinski definition) is 0. The number of carbonyl (C=O) groups is 1. The molecule has 1 aromatic carbocycles. The van der Waals surface area contributed by atoms with Gasteiger partial charge in [-0.3, -0.25) is 4.79 Å². The number of benzene rings is 1. The maximum absolute atomic E-state index is 10.8. The second-order valence-corrected chi connectivity index (χ2v) is 2.76. The minimum Gasteiger partial charge on any atom is -0.276 e. The van der Waals surface area contributed by atoms with Crippen LogP contribution in [0.3, 0.4) is 0 Å². The van der Waals surface area contributed by atoms with Gasteiger partial charge in [0.05, 0.1) is 11.6 Å². The van der Waals surface area contributed by atoms with E-state index in [-0.39, 0.29) is 0 Å². The quantitative estimate of drug-likeness (QED) is 0.666. The second-order valence-electron chi connectivity index (χ2n) is 2.42. The summed E-state index contributed by atoms with van der Waals surface area (Å²) in [6.45, 7) is 5.77. The maximum Gasteiger partial charge on any atom is 0.252 e. The van der Waals surface area contributed by atoms with Crippen LogP contribution in [0.15, 0.2) is 18.2 Å². The molecule has 0 aromatic heterocycles. The van der Waals surface area contributed by atoms with Crippen LogP contribution in [0.1, 0.15) is 35.3 Å². The third kappa shape index (κ3) is 3.20. The van der Waals surface area contributed by atoms with Gasteiger partial charge in [-0.25, -0.2) is 0 Å². The summed E-state index contributed by atoms with van der Waals surface area (Å²) in [5.41, 5.74) is 1.63. The molecule has 74 valence electrons. The summed E-state index contributed by atoms with van der Waals surface area (Å²) in [7, 11) is 0. The smallest absolute Gasteiger partial charge is 0.252 e. The summed E-state index contributed by atoms with van der Waals surface area (Å²) in [5.74, 6) is 0. The van der Waals surface area contributed by atoms with Crippen LogP contribution in [-0.4, -0.2) is 5.24 Å². The first-order chi connectivity index (χ1) is 6.65. The van der Waals surface area contributed by atoms with Crippen LogP contribution in [0.2, 0.25) is 0 Å². The predicted octanol–water partition coefficient (Wildman–Crippen LogP) is 3.27. The molecule has 0 heterocycles. The van der Waals surface area contributed by atoms with E-state index in [4.69, 9.17) is 16.9 Å². The van der Waals surface area contributed by atoms with Crippen LogP contribution in [0.25, 0.3) is 0 Å². The van der Waals surface area contributed by atoms with Crippen molar-refractivity contribution >= 4 is 16.8 Å². The van der Waals surface area contributed by atoms with E-state index in [0.29, 0.717) is 11.1 Å². The third-order valence-electron chi connectivity index (χ3n) is 1.58. The van der Waals surface area contributed by atoms with Crippen molar-refractivity contribution in [3.63, 3.8) is 0 Å². The summed E-state index contributed by atoms with van der Waals surface area (Å²) in [6.07, 6.45) is 0. The first-order valence-corrected chi connectivity index (χ1v) is 4.73. The Morgan fingerprint density at radius 3 is 2.43 bits per heavy atom. The van der Waals surface area contributed by atoms with Gasteiger partial charge in [0.2, 0.25) is 0 Å². The van der Waals surface area contributed by atoms with E-state index < -0.39 is 5.24 Å². The van der Waals surface area contributed by atoms with Crippen molar-refractivity contribution < 1.29 is 4.79 Å². The van der Waals surface area contributed by atoms with Crippen molar-refractivity contribution in [1.82, 2.24) is 0 Å². The summed E-state index contributed by atoms with van der Waals surface area (Å²) >= 11 is 5.29. The topological polar surface area (TPSA) is 40.9 Å². The molecule has 1 aromatic rings. The van der Waals surface area contributed by atoms with Gasteiger partial charge in [0.1, 0.15) is 0 Å². The molecule has 0 radical (unpaired) electrons. The molecule has 0 saturated heterocycles. The Morgan fingerprint density at radius 2 is 2.00 bits per heavy atom. The molecule has 2 nitrogen and oxygen atoms in total. The highest BCUT2D eigenvalue weighted by molar-refractivity contribution is 6.67. The van der Waals surface area contributed by atoms with E-state index in [2.05, 4.69) is 0 Å². The van der Waals surface area contributed by atoms with Gasteiger partial charge in [-0.15, -0.1) is 0 Å². The Morgan fingerprint density at radius 1 is 1.43 bits per heavy atom. The van der Waals surface area contributed by atoms with Gasteiger partial charge in [-0.1, -0.05) is 19.9 Å². The van der Waals surface area contributed by atoms with Crippen molar-refractivity contribution in [3.05, 3.63) is 34.9 Å². The van der Waals surface area contributed by atoms with E-state index in [0.717, 1.165) is 5.56 Å². The fourth-order valence-corrected chi connectivity index (χ4v) is 1.11. The lowest BCUT2D eigenvalue weighted by atomic mass is 10.1. The van der Waals surface area contributed by atoms with Crippen molar-refractivity contribution in [2.24, 2.45) is 0 Å². The van der Waals surface area contributed by atoms with E-state index in [1.54, 1.807) is 19.1 Å². The molecule has 1 rings (SSSR count). The molecular formula is C11H12ClNO. The summed E-state index contributed by atoms with van der Waals surface area (Å²) < 4.78 is 0. The van der Waals surface area contributed by atoms with E-state index >= 15 is 0 Å².